The summed E-state index contributed by atoms with van der Waals surface area (Å²) in [7, 11) is 0. The summed E-state index contributed by atoms with van der Waals surface area (Å²) in [5, 5.41) is 5.76. The van der Waals surface area contributed by atoms with E-state index < -0.39 is 23.1 Å². The van der Waals surface area contributed by atoms with Crippen LogP contribution in [0.25, 0.3) is 16.6 Å². The Labute approximate surface area is 182 Å². The molecule has 0 aliphatic carbocycles. The zero-order valence-corrected chi connectivity index (χ0v) is 17.7. The van der Waals surface area contributed by atoms with Crippen LogP contribution in [0.2, 0.25) is 5.02 Å². The zero-order chi connectivity index (χ0) is 21.6. The average molecular weight is 493 g/mol. The summed E-state index contributed by atoms with van der Waals surface area (Å²) < 4.78 is 29.4. The number of nitrogens with one attached hydrogen (secondary N) is 2. The third-order valence-electron chi connectivity index (χ3n) is 4.46. The van der Waals surface area contributed by atoms with Crippen molar-refractivity contribution in [3.05, 3.63) is 91.1 Å². The maximum absolute atomic E-state index is 13.8. The molecule has 9 heteroatoms. The molecule has 152 valence electrons. The summed E-state index contributed by atoms with van der Waals surface area (Å²) in [6, 6.07) is 10.9. The number of carbonyl (C=O) groups is 1. The number of anilines is 1. The van der Waals surface area contributed by atoms with Gasteiger partial charge in [0.25, 0.3) is 11.5 Å². The predicted molar refractivity (Wildman–Crippen MR) is 116 cm³/mol. The number of rotatable bonds is 3. The largest absolute Gasteiger partial charge is 0.320 e. The van der Waals surface area contributed by atoms with E-state index in [9.17, 15) is 18.4 Å². The van der Waals surface area contributed by atoms with Crippen LogP contribution in [0.1, 0.15) is 15.9 Å². The van der Waals surface area contributed by atoms with Crippen LogP contribution in [0, 0.1) is 18.6 Å². The number of carbonyl (C=O) groups excluding carboxylic acids is 1. The first kappa shape index (κ1) is 20.3. The van der Waals surface area contributed by atoms with Crippen LogP contribution in [0.3, 0.4) is 0 Å². The number of aryl methyl sites for hydroxylation is 1. The molecule has 0 aliphatic rings. The molecular weight excluding hydrogens is 480 g/mol. The molecule has 3 aromatic carbocycles. The summed E-state index contributed by atoms with van der Waals surface area (Å²) in [5.74, 6) is -1.65. The molecule has 0 saturated heterocycles. The fourth-order valence-electron chi connectivity index (χ4n) is 3.23. The first-order chi connectivity index (χ1) is 14.2. The van der Waals surface area contributed by atoms with Gasteiger partial charge in [0.1, 0.15) is 11.6 Å². The molecule has 0 fully saturated rings. The monoisotopic (exact) mass is 491 g/mol. The third kappa shape index (κ3) is 3.76. The van der Waals surface area contributed by atoms with Gasteiger partial charge >= 0.3 is 0 Å². The number of aromatic nitrogens is 2. The van der Waals surface area contributed by atoms with Gasteiger partial charge in [0.2, 0.25) is 0 Å². The van der Waals surface area contributed by atoms with Crippen molar-refractivity contribution in [1.29, 1.82) is 0 Å². The second-order valence-electron chi connectivity index (χ2n) is 6.69. The zero-order valence-electron chi connectivity index (χ0n) is 15.4. The smallest absolute Gasteiger partial charge is 0.272 e. The van der Waals surface area contributed by atoms with Gasteiger partial charge in [-0.25, -0.2) is 13.5 Å². The molecule has 30 heavy (non-hydrogen) atoms. The van der Waals surface area contributed by atoms with Gasteiger partial charge < -0.3 is 5.32 Å². The van der Waals surface area contributed by atoms with E-state index in [-0.39, 0.29) is 32.9 Å². The van der Waals surface area contributed by atoms with Gasteiger partial charge in [0.15, 0.2) is 0 Å². The van der Waals surface area contributed by atoms with Crippen LogP contribution in [0.15, 0.2) is 57.8 Å². The molecule has 1 amide bonds. The van der Waals surface area contributed by atoms with E-state index >= 15 is 0 Å². The van der Waals surface area contributed by atoms with E-state index in [0.717, 1.165) is 6.07 Å². The van der Waals surface area contributed by atoms with Gasteiger partial charge in [0, 0.05) is 16.1 Å². The highest BCUT2D eigenvalue weighted by Gasteiger charge is 2.18. The lowest BCUT2D eigenvalue weighted by atomic mass is 10.1. The molecule has 2 N–H and O–H groups in total. The topological polar surface area (TPSA) is 66.9 Å². The Hall–Kier alpha value is -2.97. The Bertz CT molecular complexity index is 1360. The molecule has 0 saturated carbocycles. The molecule has 0 aliphatic heterocycles. The Kier molecular flexibility index (Phi) is 5.21. The van der Waals surface area contributed by atoms with E-state index in [0.29, 0.717) is 10.0 Å². The molecule has 1 heterocycles. The molecular formula is C21H13BrClF2N3O2. The van der Waals surface area contributed by atoms with Gasteiger partial charge in [-0.15, -0.1) is 0 Å². The maximum atomic E-state index is 13.8. The minimum Gasteiger partial charge on any atom is -0.320 e. The van der Waals surface area contributed by atoms with E-state index in [4.69, 9.17) is 11.6 Å². The van der Waals surface area contributed by atoms with Crippen molar-refractivity contribution in [3.63, 3.8) is 0 Å². The standard InChI is InChI=1S/C21H13BrClF2N3O2/c1-10-4-11(6-14(25)5-10)20(29)26-17-8-12(22)7-15-19(17)28(27-21(15)30)18-9-13(24)2-3-16(18)23/h2-9H,1H3,(H,26,29)(H,27,30). The lowest BCUT2D eigenvalue weighted by Crippen LogP contribution is -2.13. The Balaban J connectivity index is 1.90. The number of amides is 1. The first-order valence-corrected chi connectivity index (χ1v) is 9.88. The second-order valence-corrected chi connectivity index (χ2v) is 8.02. The number of fused-ring (bicyclic) bond motifs is 1. The van der Waals surface area contributed by atoms with E-state index in [2.05, 4.69) is 26.3 Å². The van der Waals surface area contributed by atoms with Gasteiger partial charge in [-0.2, -0.15) is 0 Å². The van der Waals surface area contributed by atoms with Gasteiger partial charge in [-0.05, 0) is 55.0 Å². The van der Waals surface area contributed by atoms with Crippen molar-refractivity contribution < 1.29 is 13.6 Å². The summed E-state index contributed by atoms with van der Waals surface area (Å²) in [6.07, 6.45) is 0. The number of benzene rings is 3. The highest BCUT2D eigenvalue weighted by atomic mass is 79.9. The molecule has 4 rings (SSSR count). The van der Waals surface area contributed by atoms with Crippen LogP contribution in [0.4, 0.5) is 14.5 Å². The van der Waals surface area contributed by atoms with Crippen molar-refractivity contribution >= 4 is 50.0 Å². The number of hydrogen-bond donors (Lipinski definition) is 2. The molecule has 0 spiro atoms. The van der Waals surface area contributed by atoms with Crippen LogP contribution in [-0.2, 0) is 0 Å². The number of halogens is 4. The van der Waals surface area contributed by atoms with Crippen LogP contribution in [0.5, 0.6) is 0 Å². The van der Waals surface area contributed by atoms with Crippen LogP contribution in [-0.4, -0.2) is 15.7 Å². The van der Waals surface area contributed by atoms with Gasteiger partial charge in [0.05, 0.1) is 27.3 Å². The average Bonchev–Trinajstić information content (AvgIpc) is 2.99. The quantitative estimate of drug-likeness (QED) is 0.392. The number of hydrogen-bond acceptors (Lipinski definition) is 2. The second kappa shape index (κ2) is 7.70. The maximum Gasteiger partial charge on any atom is 0.272 e. The molecule has 1 aromatic heterocycles. The lowest BCUT2D eigenvalue weighted by Gasteiger charge is -2.12. The summed E-state index contributed by atoms with van der Waals surface area (Å²) in [6.45, 7) is 1.67. The third-order valence-corrected chi connectivity index (χ3v) is 5.24. The van der Waals surface area contributed by atoms with Crippen molar-refractivity contribution in [1.82, 2.24) is 9.78 Å². The summed E-state index contributed by atoms with van der Waals surface area (Å²) in [5.41, 5.74) is 0.993. The molecule has 0 radical (unpaired) electrons. The minimum atomic E-state index is -0.567. The SMILES string of the molecule is Cc1cc(F)cc(C(=O)Nc2cc(Br)cc3c(=O)[nH]n(-c4cc(F)ccc4Cl)c23)c1. The molecule has 5 nitrogen and oxygen atoms in total. The van der Waals surface area contributed by atoms with E-state index in [1.165, 1.54) is 28.9 Å². The van der Waals surface area contributed by atoms with E-state index in [1.807, 2.05) is 0 Å². The number of nitrogens with zero attached hydrogens (tertiary/aromatic N) is 1. The highest BCUT2D eigenvalue weighted by Crippen LogP contribution is 2.31. The Morgan fingerprint density at radius 3 is 2.60 bits per heavy atom. The highest BCUT2D eigenvalue weighted by molar-refractivity contribution is 9.10. The van der Waals surface area contributed by atoms with Crippen molar-refractivity contribution in [2.45, 2.75) is 6.92 Å². The van der Waals surface area contributed by atoms with Gasteiger partial charge in [-0.3, -0.25) is 14.7 Å². The molecule has 0 atom stereocenters. The van der Waals surface area contributed by atoms with Crippen LogP contribution >= 0.6 is 27.5 Å². The van der Waals surface area contributed by atoms with Crippen LogP contribution < -0.4 is 10.9 Å². The Morgan fingerprint density at radius 2 is 1.87 bits per heavy atom. The normalized spacial score (nSPS) is 11.1. The summed E-state index contributed by atoms with van der Waals surface area (Å²) >= 11 is 9.53. The van der Waals surface area contributed by atoms with Gasteiger partial charge in [-0.1, -0.05) is 27.5 Å². The fourth-order valence-corrected chi connectivity index (χ4v) is 3.89. The number of aromatic amines is 1. The number of H-pyrrole nitrogens is 1. The van der Waals surface area contributed by atoms with Crippen molar-refractivity contribution in [2.75, 3.05) is 5.32 Å². The predicted octanol–water partition coefficient (Wildman–Crippen LogP) is 5.57. The lowest BCUT2D eigenvalue weighted by molar-refractivity contribution is 0.102. The van der Waals surface area contributed by atoms with Crippen molar-refractivity contribution in [3.8, 4) is 5.69 Å². The first-order valence-electron chi connectivity index (χ1n) is 8.71. The van der Waals surface area contributed by atoms with E-state index in [1.54, 1.807) is 25.1 Å². The molecule has 0 unspecified atom stereocenters. The molecule has 0 bridgehead atoms. The Morgan fingerprint density at radius 1 is 1.10 bits per heavy atom. The summed E-state index contributed by atoms with van der Waals surface area (Å²) in [4.78, 5) is 25.3. The molecule has 4 aromatic rings. The minimum absolute atomic E-state index is 0.119. The fraction of sp³-hybridized carbons (Fsp3) is 0.0476. The van der Waals surface area contributed by atoms with Crippen molar-refractivity contribution in [2.24, 2.45) is 0 Å².